The monoisotopic (exact) mass is 314 g/mol. The number of aryl methyl sites for hydroxylation is 2. The number of phenolic OH excluding ortho intramolecular Hbond substituents is 2. The minimum atomic E-state index is 0.324. The van der Waals surface area contributed by atoms with Crippen LogP contribution in [0.5, 0.6) is 11.5 Å². The molecule has 2 aromatic carbocycles. The van der Waals surface area contributed by atoms with Crippen LogP contribution in [0.25, 0.3) is 0 Å². The molecule has 23 heavy (non-hydrogen) atoms. The van der Waals surface area contributed by atoms with E-state index in [0.717, 1.165) is 51.7 Å². The minimum absolute atomic E-state index is 0.324. The standard InChI is InChI=1S/C20H26O3/c21-19-11-7-17(8-12-19)5-1-3-15-23-16-4-2-6-18-9-13-20(22)14-10-18/h7-14,21-22H,1-6,15-16H2. The fourth-order valence-electron chi connectivity index (χ4n) is 2.49. The smallest absolute Gasteiger partial charge is 0.115 e. The lowest BCUT2D eigenvalue weighted by molar-refractivity contribution is 0.127. The topological polar surface area (TPSA) is 49.7 Å². The van der Waals surface area contributed by atoms with Gasteiger partial charge in [-0.25, -0.2) is 0 Å². The fraction of sp³-hybridized carbons (Fsp3) is 0.400. The van der Waals surface area contributed by atoms with Crippen molar-refractivity contribution >= 4 is 0 Å². The molecule has 3 heteroatoms. The van der Waals surface area contributed by atoms with Gasteiger partial charge in [0.1, 0.15) is 11.5 Å². The summed E-state index contributed by atoms with van der Waals surface area (Å²) in [5.74, 6) is 0.647. The molecule has 2 rings (SSSR count). The average molecular weight is 314 g/mol. The summed E-state index contributed by atoms with van der Waals surface area (Å²) < 4.78 is 5.67. The molecule has 124 valence electrons. The third kappa shape index (κ3) is 7.20. The third-order valence-electron chi connectivity index (χ3n) is 3.88. The predicted molar refractivity (Wildman–Crippen MR) is 92.9 cm³/mol. The van der Waals surface area contributed by atoms with Crippen LogP contribution < -0.4 is 0 Å². The molecule has 0 aliphatic carbocycles. The molecule has 0 amide bonds. The fourth-order valence-corrected chi connectivity index (χ4v) is 2.49. The first-order valence-corrected chi connectivity index (χ1v) is 8.37. The summed E-state index contributed by atoms with van der Waals surface area (Å²) in [6.45, 7) is 1.63. The predicted octanol–water partition coefficient (Wildman–Crippen LogP) is 4.46. The largest absolute Gasteiger partial charge is 0.508 e. The van der Waals surface area contributed by atoms with Crippen molar-refractivity contribution in [2.75, 3.05) is 13.2 Å². The molecular formula is C20H26O3. The van der Waals surface area contributed by atoms with Crippen molar-refractivity contribution < 1.29 is 14.9 Å². The summed E-state index contributed by atoms with van der Waals surface area (Å²) in [5, 5.41) is 18.4. The van der Waals surface area contributed by atoms with Gasteiger partial charge in [-0.1, -0.05) is 24.3 Å². The summed E-state index contributed by atoms with van der Waals surface area (Å²) in [6, 6.07) is 14.8. The highest BCUT2D eigenvalue weighted by Crippen LogP contribution is 2.13. The number of aromatic hydroxyl groups is 2. The lowest BCUT2D eigenvalue weighted by Gasteiger charge is -2.05. The van der Waals surface area contributed by atoms with E-state index in [1.54, 1.807) is 24.3 Å². The van der Waals surface area contributed by atoms with Crippen LogP contribution in [0.1, 0.15) is 36.8 Å². The molecular weight excluding hydrogens is 288 g/mol. The maximum Gasteiger partial charge on any atom is 0.115 e. The van der Waals surface area contributed by atoms with Crippen LogP contribution in [-0.2, 0) is 17.6 Å². The first kappa shape index (κ1) is 17.4. The number of unbranched alkanes of at least 4 members (excludes halogenated alkanes) is 2. The zero-order valence-corrected chi connectivity index (χ0v) is 13.6. The second-order valence-electron chi connectivity index (χ2n) is 5.86. The number of ether oxygens (including phenoxy) is 1. The van der Waals surface area contributed by atoms with Crippen molar-refractivity contribution in [3.8, 4) is 11.5 Å². The summed E-state index contributed by atoms with van der Waals surface area (Å²) >= 11 is 0. The molecule has 0 saturated carbocycles. The maximum absolute atomic E-state index is 9.22. The van der Waals surface area contributed by atoms with Gasteiger partial charge < -0.3 is 14.9 Å². The molecule has 0 aliphatic heterocycles. The SMILES string of the molecule is Oc1ccc(CCCCOCCCCc2ccc(O)cc2)cc1. The molecule has 0 radical (unpaired) electrons. The zero-order valence-electron chi connectivity index (χ0n) is 13.6. The Kier molecular flexibility index (Phi) is 7.47. The van der Waals surface area contributed by atoms with Gasteiger partial charge in [0, 0.05) is 13.2 Å². The van der Waals surface area contributed by atoms with Crippen LogP contribution in [0, 0.1) is 0 Å². The van der Waals surface area contributed by atoms with Crippen molar-refractivity contribution in [1.82, 2.24) is 0 Å². The van der Waals surface area contributed by atoms with E-state index in [4.69, 9.17) is 4.74 Å². The van der Waals surface area contributed by atoms with E-state index >= 15 is 0 Å². The number of hydrogen-bond acceptors (Lipinski definition) is 3. The first-order chi connectivity index (χ1) is 11.2. The maximum atomic E-state index is 9.22. The van der Waals surface area contributed by atoms with Crippen LogP contribution in [0.2, 0.25) is 0 Å². The van der Waals surface area contributed by atoms with E-state index in [0.29, 0.717) is 11.5 Å². The second kappa shape index (κ2) is 9.90. The molecule has 0 unspecified atom stereocenters. The molecule has 0 spiro atoms. The molecule has 0 bridgehead atoms. The molecule has 0 fully saturated rings. The van der Waals surface area contributed by atoms with E-state index in [9.17, 15) is 10.2 Å². The lowest BCUT2D eigenvalue weighted by Crippen LogP contribution is -1.99. The van der Waals surface area contributed by atoms with Gasteiger partial charge in [0.15, 0.2) is 0 Å². The first-order valence-electron chi connectivity index (χ1n) is 8.37. The summed E-state index contributed by atoms with van der Waals surface area (Å²) in [6.07, 6.45) is 6.42. The number of benzene rings is 2. The average Bonchev–Trinajstić information content (AvgIpc) is 2.56. The Bertz CT molecular complexity index is 495. The highest BCUT2D eigenvalue weighted by Gasteiger charge is 1.96. The molecule has 3 nitrogen and oxygen atoms in total. The highest BCUT2D eigenvalue weighted by molar-refractivity contribution is 5.26. The van der Waals surface area contributed by atoms with Crippen LogP contribution in [0.3, 0.4) is 0 Å². The van der Waals surface area contributed by atoms with Crippen LogP contribution in [0.4, 0.5) is 0 Å². The number of phenols is 2. The second-order valence-corrected chi connectivity index (χ2v) is 5.86. The Balaban J connectivity index is 1.43. The van der Waals surface area contributed by atoms with Crippen molar-refractivity contribution in [2.24, 2.45) is 0 Å². The van der Waals surface area contributed by atoms with E-state index < -0.39 is 0 Å². The van der Waals surface area contributed by atoms with Gasteiger partial charge in [0.05, 0.1) is 0 Å². The van der Waals surface area contributed by atoms with Gasteiger partial charge in [0.25, 0.3) is 0 Å². The van der Waals surface area contributed by atoms with Crippen LogP contribution in [0.15, 0.2) is 48.5 Å². The molecule has 0 aromatic heterocycles. The number of rotatable bonds is 10. The number of hydrogen-bond donors (Lipinski definition) is 2. The lowest BCUT2D eigenvalue weighted by atomic mass is 10.1. The Morgan fingerprint density at radius 2 is 0.957 bits per heavy atom. The Labute approximate surface area is 138 Å². The van der Waals surface area contributed by atoms with Crippen LogP contribution in [-0.4, -0.2) is 23.4 Å². The molecule has 0 atom stereocenters. The Morgan fingerprint density at radius 3 is 1.35 bits per heavy atom. The Morgan fingerprint density at radius 1 is 0.565 bits per heavy atom. The van der Waals surface area contributed by atoms with Gasteiger partial charge in [-0.3, -0.25) is 0 Å². The van der Waals surface area contributed by atoms with E-state index in [-0.39, 0.29) is 0 Å². The molecule has 2 N–H and O–H groups in total. The summed E-state index contributed by atoms with van der Waals surface area (Å²) in [7, 11) is 0. The summed E-state index contributed by atoms with van der Waals surface area (Å²) in [4.78, 5) is 0. The Hall–Kier alpha value is -2.00. The van der Waals surface area contributed by atoms with Crippen LogP contribution >= 0.6 is 0 Å². The molecule has 0 heterocycles. The van der Waals surface area contributed by atoms with Gasteiger partial charge in [-0.15, -0.1) is 0 Å². The van der Waals surface area contributed by atoms with Crippen molar-refractivity contribution in [2.45, 2.75) is 38.5 Å². The quantitative estimate of drug-likeness (QED) is 0.637. The van der Waals surface area contributed by atoms with Crippen molar-refractivity contribution in [3.63, 3.8) is 0 Å². The molecule has 0 saturated heterocycles. The third-order valence-corrected chi connectivity index (χ3v) is 3.88. The van der Waals surface area contributed by atoms with E-state index in [1.165, 1.54) is 11.1 Å². The van der Waals surface area contributed by atoms with Gasteiger partial charge >= 0.3 is 0 Å². The summed E-state index contributed by atoms with van der Waals surface area (Å²) in [5.41, 5.74) is 2.52. The molecule has 2 aromatic rings. The normalized spacial score (nSPS) is 10.8. The highest BCUT2D eigenvalue weighted by atomic mass is 16.5. The van der Waals surface area contributed by atoms with E-state index in [1.807, 2.05) is 24.3 Å². The van der Waals surface area contributed by atoms with E-state index in [2.05, 4.69) is 0 Å². The van der Waals surface area contributed by atoms with Gasteiger partial charge in [0.2, 0.25) is 0 Å². The molecule has 0 aliphatic rings. The van der Waals surface area contributed by atoms with Crippen molar-refractivity contribution in [3.05, 3.63) is 59.7 Å². The van der Waals surface area contributed by atoms with Gasteiger partial charge in [-0.05, 0) is 73.9 Å². The van der Waals surface area contributed by atoms with Crippen molar-refractivity contribution in [1.29, 1.82) is 0 Å². The zero-order chi connectivity index (χ0) is 16.3. The minimum Gasteiger partial charge on any atom is -0.508 e. The van der Waals surface area contributed by atoms with Gasteiger partial charge in [-0.2, -0.15) is 0 Å².